The van der Waals surface area contributed by atoms with Crippen LogP contribution < -0.4 is 4.72 Å². The molecule has 0 unspecified atom stereocenters. The molecule has 2 aromatic heterocycles. The van der Waals surface area contributed by atoms with E-state index in [1.54, 1.807) is 12.1 Å². The highest BCUT2D eigenvalue weighted by Gasteiger charge is 2.19. The molecule has 21 heavy (non-hydrogen) atoms. The number of anilines is 1. The van der Waals surface area contributed by atoms with Crippen LogP contribution in [0, 0.1) is 0 Å². The van der Waals surface area contributed by atoms with Crippen molar-refractivity contribution in [3.63, 3.8) is 0 Å². The van der Waals surface area contributed by atoms with Gasteiger partial charge in [0.05, 0.1) is 5.75 Å². The molecule has 0 amide bonds. The maximum atomic E-state index is 12.1. The molecule has 0 aliphatic heterocycles. The number of carboxylic acids is 1. The van der Waals surface area contributed by atoms with Crippen LogP contribution in [0.4, 0.5) is 5.13 Å². The minimum absolute atomic E-state index is 0.120. The number of hydrogen-bond donors (Lipinski definition) is 2. The Morgan fingerprint density at radius 3 is 2.76 bits per heavy atom. The van der Waals surface area contributed by atoms with Gasteiger partial charge in [0.15, 0.2) is 4.34 Å². The second-order valence-electron chi connectivity index (χ2n) is 3.74. The van der Waals surface area contributed by atoms with Crippen molar-refractivity contribution in [3.8, 4) is 0 Å². The molecule has 0 spiro atoms. The van der Waals surface area contributed by atoms with E-state index in [0.717, 1.165) is 34.4 Å². The largest absolute Gasteiger partial charge is 0.481 e. The molecule has 0 radical (unpaired) electrons. The van der Waals surface area contributed by atoms with Gasteiger partial charge < -0.3 is 5.11 Å². The van der Waals surface area contributed by atoms with Gasteiger partial charge in [0, 0.05) is 4.88 Å². The van der Waals surface area contributed by atoms with Crippen LogP contribution in [0.1, 0.15) is 11.8 Å². The zero-order chi connectivity index (χ0) is 15.5. The summed E-state index contributed by atoms with van der Waals surface area (Å²) in [6.45, 7) is 1.95. The molecule has 0 atom stereocenters. The smallest absolute Gasteiger partial charge is 0.313 e. The van der Waals surface area contributed by atoms with Crippen LogP contribution in [-0.2, 0) is 21.2 Å². The van der Waals surface area contributed by atoms with Gasteiger partial charge in [0.25, 0.3) is 10.0 Å². The fourth-order valence-corrected chi connectivity index (χ4v) is 5.29. The third-order valence-electron chi connectivity index (χ3n) is 2.20. The number of thiophene rings is 1. The lowest BCUT2D eigenvalue weighted by Crippen LogP contribution is -2.11. The lowest BCUT2D eigenvalue weighted by molar-refractivity contribution is -0.133. The topological polar surface area (TPSA) is 109 Å². The molecule has 0 aliphatic carbocycles. The lowest BCUT2D eigenvalue weighted by Gasteiger charge is -2.00. The average Bonchev–Trinajstić information content (AvgIpc) is 3.04. The van der Waals surface area contributed by atoms with Gasteiger partial charge >= 0.3 is 5.97 Å². The van der Waals surface area contributed by atoms with Crippen molar-refractivity contribution in [2.75, 3.05) is 10.5 Å². The van der Waals surface area contributed by atoms with E-state index in [2.05, 4.69) is 14.9 Å². The predicted molar refractivity (Wildman–Crippen MR) is 82.8 cm³/mol. The summed E-state index contributed by atoms with van der Waals surface area (Å²) in [6, 6.07) is 3.32. The number of aromatic nitrogens is 2. The van der Waals surface area contributed by atoms with Crippen LogP contribution >= 0.6 is 34.4 Å². The molecular formula is C10H11N3O4S4. The molecule has 0 aromatic carbocycles. The average molecular weight is 365 g/mol. The van der Waals surface area contributed by atoms with E-state index in [9.17, 15) is 13.2 Å². The number of aryl methyl sites for hydroxylation is 1. The van der Waals surface area contributed by atoms with Gasteiger partial charge in [-0.2, -0.15) is 0 Å². The van der Waals surface area contributed by atoms with E-state index < -0.39 is 16.0 Å². The van der Waals surface area contributed by atoms with E-state index in [1.165, 1.54) is 11.3 Å². The van der Waals surface area contributed by atoms with E-state index >= 15 is 0 Å². The first-order chi connectivity index (χ1) is 9.90. The highest BCUT2D eigenvalue weighted by molar-refractivity contribution is 8.01. The molecule has 11 heteroatoms. The Bertz CT molecular complexity index is 737. The van der Waals surface area contributed by atoms with Gasteiger partial charge in [-0.15, -0.1) is 21.5 Å². The molecule has 0 saturated carbocycles. The number of nitrogens with zero attached hydrogens (tertiary/aromatic N) is 2. The number of thioether (sulfide) groups is 1. The van der Waals surface area contributed by atoms with Crippen molar-refractivity contribution >= 4 is 55.6 Å². The van der Waals surface area contributed by atoms with Gasteiger partial charge in [-0.3, -0.25) is 9.52 Å². The molecule has 0 bridgehead atoms. The molecule has 0 aliphatic rings. The summed E-state index contributed by atoms with van der Waals surface area (Å²) in [5.41, 5.74) is 0. The summed E-state index contributed by atoms with van der Waals surface area (Å²) in [4.78, 5) is 11.4. The Hall–Kier alpha value is -1.17. The van der Waals surface area contributed by atoms with E-state index in [0.29, 0.717) is 4.34 Å². The Morgan fingerprint density at radius 1 is 1.38 bits per heavy atom. The first-order valence-electron chi connectivity index (χ1n) is 5.70. The second kappa shape index (κ2) is 6.73. The zero-order valence-electron chi connectivity index (χ0n) is 10.8. The fraction of sp³-hybridized carbons (Fsp3) is 0.300. The van der Waals surface area contributed by atoms with Crippen LogP contribution in [0.2, 0.25) is 0 Å². The molecule has 114 valence electrons. The Kier molecular flexibility index (Phi) is 5.19. The monoisotopic (exact) mass is 365 g/mol. The number of carbonyl (C=O) groups is 1. The molecular weight excluding hydrogens is 354 g/mol. The van der Waals surface area contributed by atoms with Crippen LogP contribution in [0.3, 0.4) is 0 Å². The first-order valence-corrected chi connectivity index (χ1v) is 9.80. The molecule has 0 fully saturated rings. The minimum Gasteiger partial charge on any atom is -0.481 e. The number of carboxylic acid groups (broad SMARTS) is 1. The van der Waals surface area contributed by atoms with Crippen molar-refractivity contribution in [3.05, 3.63) is 17.0 Å². The number of nitrogens with one attached hydrogen (secondary N) is 1. The number of hydrogen-bond acceptors (Lipinski definition) is 8. The predicted octanol–water partition coefficient (Wildman–Crippen LogP) is 2.14. The summed E-state index contributed by atoms with van der Waals surface area (Å²) in [5.74, 6) is -1.12. The van der Waals surface area contributed by atoms with Crippen molar-refractivity contribution in [1.29, 1.82) is 0 Å². The van der Waals surface area contributed by atoms with Gasteiger partial charge in [-0.1, -0.05) is 30.0 Å². The van der Waals surface area contributed by atoms with Crippen molar-refractivity contribution in [1.82, 2.24) is 10.2 Å². The third-order valence-corrected chi connectivity index (χ3v) is 7.34. The van der Waals surface area contributed by atoms with Crippen molar-refractivity contribution in [2.24, 2.45) is 0 Å². The van der Waals surface area contributed by atoms with E-state index in [1.807, 2.05) is 6.92 Å². The third kappa shape index (κ3) is 4.40. The standard InChI is InChI=1S/C10H11N3O4S4/c1-2-6-3-4-8(19-6)21(16,17)13-9-11-12-10(20-9)18-5-7(14)15/h3-4H,2,5H2,1H3,(H,11,13)(H,14,15). The van der Waals surface area contributed by atoms with Crippen LogP contribution in [0.5, 0.6) is 0 Å². The zero-order valence-corrected chi connectivity index (χ0v) is 14.0. The van der Waals surface area contributed by atoms with Crippen molar-refractivity contribution in [2.45, 2.75) is 21.9 Å². The minimum atomic E-state index is -3.67. The summed E-state index contributed by atoms with van der Waals surface area (Å²) in [5, 5.41) is 16.1. The highest BCUT2D eigenvalue weighted by atomic mass is 32.2. The maximum Gasteiger partial charge on any atom is 0.313 e. The number of rotatable bonds is 7. The maximum absolute atomic E-state index is 12.1. The van der Waals surface area contributed by atoms with Crippen molar-refractivity contribution < 1.29 is 18.3 Å². The van der Waals surface area contributed by atoms with Crippen LogP contribution in [0.15, 0.2) is 20.7 Å². The van der Waals surface area contributed by atoms with Gasteiger partial charge in [-0.25, -0.2) is 8.42 Å². The quantitative estimate of drug-likeness (QED) is 0.723. The SMILES string of the molecule is CCc1ccc(S(=O)(=O)Nc2nnc(SCC(=O)O)s2)s1. The van der Waals surface area contributed by atoms with Crippen LogP contribution in [0.25, 0.3) is 0 Å². The molecule has 0 saturated heterocycles. The van der Waals surface area contributed by atoms with Crippen LogP contribution in [-0.4, -0.2) is 35.4 Å². The van der Waals surface area contributed by atoms with Gasteiger partial charge in [0.1, 0.15) is 4.21 Å². The Morgan fingerprint density at radius 2 is 2.14 bits per heavy atom. The number of aliphatic carboxylic acids is 1. The summed E-state index contributed by atoms with van der Waals surface area (Å²) < 4.78 is 27.2. The second-order valence-corrected chi connectivity index (χ2v) is 9.01. The summed E-state index contributed by atoms with van der Waals surface area (Å²) in [7, 11) is -3.67. The Balaban J connectivity index is 2.08. The molecule has 2 heterocycles. The van der Waals surface area contributed by atoms with Gasteiger partial charge in [-0.05, 0) is 18.6 Å². The van der Waals surface area contributed by atoms with E-state index in [-0.39, 0.29) is 15.1 Å². The van der Waals surface area contributed by atoms with E-state index in [4.69, 9.17) is 5.11 Å². The molecule has 7 nitrogen and oxygen atoms in total. The lowest BCUT2D eigenvalue weighted by atomic mass is 10.4. The molecule has 2 aromatic rings. The number of sulfonamides is 1. The highest BCUT2D eigenvalue weighted by Crippen LogP contribution is 2.28. The summed E-state index contributed by atoms with van der Waals surface area (Å²) >= 11 is 3.20. The normalized spacial score (nSPS) is 11.5. The van der Waals surface area contributed by atoms with Gasteiger partial charge in [0.2, 0.25) is 5.13 Å². The fourth-order valence-electron chi connectivity index (χ4n) is 1.29. The molecule has 2 rings (SSSR count). The molecule has 2 N–H and O–H groups in total. The Labute approximate surface area is 133 Å². The first kappa shape index (κ1) is 16.2. The summed E-state index contributed by atoms with van der Waals surface area (Å²) in [6.07, 6.45) is 0.773.